The molecule has 0 aliphatic carbocycles. The second-order valence-electron chi connectivity index (χ2n) is 7.48. The van der Waals surface area contributed by atoms with Crippen molar-refractivity contribution < 1.29 is 9.21 Å². The molecule has 0 atom stereocenters. The van der Waals surface area contributed by atoms with Crippen LogP contribution in [0.15, 0.2) is 59.7 Å². The highest BCUT2D eigenvalue weighted by atomic mass is 16.3. The summed E-state index contributed by atoms with van der Waals surface area (Å²) in [4.78, 5) is 34.4. The highest BCUT2D eigenvalue weighted by molar-refractivity contribution is 6.04. The van der Waals surface area contributed by atoms with Crippen molar-refractivity contribution in [3.63, 3.8) is 0 Å². The number of anilines is 2. The molecular formula is C22H21N7O2. The van der Waals surface area contributed by atoms with Crippen LogP contribution in [0.4, 0.5) is 11.8 Å². The third-order valence-electron chi connectivity index (χ3n) is 5.36. The Bertz CT molecular complexity index is 1220. The number of fused-ring (bicyclic) bond motifs is 1. The van der Waals surface area contributed by atoms with Gasteiger partial charge in [0.05, 0.1) is 11.7 Å². The van der Waals surface area contributed by atoms with Crippen molar-refractivity contribution in [1.82, 2.24) is 24.8 Å². The van der Waals surface area contributed by atoms with Gasteiger partial charge in [-0.25, -0.2) is 19.9 Å². The van der Waals surface area contributed by atoms with Crippen molar-refractivity contribution >= 4 is 28.6 Å². The van der Waals surface area contributed by atoms with Crippen LogP contribution in [0.3, 0.4) is 0 Å². The fourth-order valence-corrected chi connectivity index (χ4v) is 3.54. The Morgan fingerprint density at radius 2 is 1.94 bits per heavy atom. The Hall–Kier alpha value is -3.85. The van der Waals surface area contributed by atoms with Crippen LogP contribution < -0.4 is 10.2 Å². The van der Waals surface area contributed by atoms with Crippen molar-refractivity contribution in [3.8, 4) is 11.3 Å². The average Bonchev–Trinajstić information content (AvgIpc) is 3.34. The molecule has 4 aromatic rings. The topological polar surface area (TPSA) is 100 Å². The molecule has 1 saturated heterocycles. The van der Waals surface area contributed by atoms with Gasteiger partial charge < -0.3 is 14.2 Å². The highest BCUT2D eigenvalue weighted by Crippen LogP contribution is 2.23. The van der Waals surface area contributed by atoms with Crippen molar-refractivity contribution in [3.05, 3.63) is 60.9 Å². The fraction of sp³-hybridized carbons (Fsp3) is 0.227. The summed E-state index contributed by atoms with van der Waals surface area (Å²) in [6.07, 6.45) is 6.38. The third-order valence-corrected chi connectivity index (χ3v) is 5.36. The van der Waals surface area contributed by atoms with Crippen LogP contribution in [0.2, 0.25) is 0 Å². The van der Waals surface area contributed by atoms with Gasteiger partial charge in [0.1, 0.15) is 5.82 Å². The molecule has 0 radical (unpaired) electrons. The van der Waals surface area contributed by atoms with E-state index in [1.165, 1.54) is 6.39 Å². The van der Waals surface area contributed by atoms with E-state index in [-0.39, 0.29) is 11.9 Å². The first-order valence-corrected chi connectivity index (χ1v) is 10.0. The molecule has 1 N–H and O–H groups in total. The second kappa shape index (κ2) is 8.11. The number of carbonyl (C=O) groups excluding carboxylic acids is 1. The molecule has 3 aromatic heterocycles. The number of piperazine rings is 1. The molecular weight excluding hydrogens is 394 g/mol. The molecule has 0 saturated carbocycles. The number of rotatable bonds is 4. The Morgan fingerprint density at radius 3 is 2.74 bits per heavy atom. The fourth-order valence-electron chi connectivity index (χ4n) is 3.54. The van der Waals surface area contributed by atoms with Gasteiger partial charge in [-0.2, -0.15) is 0 Å². The van der Waals surface area contributed by atoms with Gasteiger partial charge in [0.15, 0.2) is 12.2 Å². The molecule has 0 spiro atoms. The first-order valence-electron chi connectivity index (χ1n) is 10.0. The zero-order valence-corrected chi connectivity index (χ0v) is 17.0. The molecule has 1 amide bonds. The van der Waals surface area contributed by atoms with Crippen LogP contribution in [-0.2, 0) is 0 Å². The van der Waals surface area contributed by atoms with Gasteiger partial charge in [-0.15, -0.1) is 0 Å². The molecule has 1 aromatic carbocycles. The Kier molecular flexibility index (Phi) is 5.01. The second-order valence-corrected chi connectivity index (χ2v) is 7.48. The van der Waals surface area contributed by atoms with E-state index in [0.29, 0.717) is 16.8 Å². The summed E-state index contributed by atoms with van der Waals surface area (Å²) in [6, 6.07) is 9.21. The van der Waals surface area contributed by atoms with Crippen LogP contribution in [0.25, 0.3) is 22.2 Å². The largest absolute Gasteiger partial charge is 0.444 e. The minimum Gasteiger partial charge on any atom is -0.444 e. The molecule has 31 heavy (non-hydrogen) atoms. The van der Waals surface area contributed by atoms with E-state index < -0.39 is 0 Å². The third kappa shape index (κ3) is 4.08. The predicted molar refractivity (Wildman–Crippen MR) is 117 cm³/mol. The standard InChI is InChI=1S/C22H21N7O2/c1-28-6-8-29(9-7-28)20-11-16(4-5-24-20)21(30)27-22-25-12-17-3-2-15(10-18(17)26-22)19-13-23-14-31-19/h2-5,10-14H,6-9H2,1H3,(H,25,26,27,30). The van der Waals surface area contributed by atoms with Crippen molar-refractivity contribution in [2.75, 3.05) is 43.4 Å². The minimum absolute atomic E-state index is 0.241. The molecule has 5 rings (SSSR count). The monoisotopic (exact) mass is 415 g/mol. The number of pyridine rings is 1. The number of hydrogen-bond acceptors (Lipinski definition) is 8. The molecule has 4 heterocycles. The number of oxazole rings is 1. The highest BCUT2D eigenvalue weighted by Gasteiger charge is 2.17. The molecule has 1 aliphatic heterocycles. The predicted octanol–water partition coefficient (Wildman–Crippen LogP) is 2.68. The van der Waals surface area contributed by atoms with Gasteiger partial charge in [0.2, 0.25) is 5.95 Å². The number of carbonyl (C=O) groups is 1. The summed E-state index contributed by atoms with van der Waals surface area (Å²) in [6.45, 7) is 3.71. The lowest BCUT2D eigenvalue weighted by molar-refractivity contribution is 0.102. The van der Waals surface area contributed by atoms with E-state index in [0.717, 1.165) is 42.9 Å². The van der Waals surface area contributed by atoms with Crippen LogP contribution in [-0.4, -0.2) is 64.0 Å². The van der Waals surface area contributed by atoms with Crippen molar-refractivity contribution in [2.45, 2.75) is 0 Å². The quantitative estimate of drug-likeness (QED) is 0.543. The van der Waals surface area contributed by atoms with E-state index >= 15 is 0 Å². The van der Waals surface area contributed by atoms with E-state index in [1.807, 2.05) is 24.3 Å². The summed E-state index contributed by atoms with van der Waals surface area (Å²) in [5.41, 5.74) is 2.07. The molecule has 1 fully saturated rings. The molecule has 156 valence electrons. The summed E-state index contributed by atoms with van der Waals surface area (Å²) >= 11 is 0. The average molecular weight is 415 g/mol. The van der Waals surface area contributed by atoms with E-state index in [1.54, 1.807) is 24.7 Å². The number of benzene rings is 1. The molecule has 0 unspecified atom stereocenters. The Morgan fingerprint density at radius 1 is 1.06 bits per heavy atom. The maximum Gasteiger partial charge on any atom is 0.258 e. The van der Waals surface area contributed by atoms with Gasteiger partial charge in [-0.05, 0) is 25.2 Å². The van der Waals surface area contributed by atoms with Crippen molar-refractivity contribution in [2.24, 2.45) is 0 Å². The van der Waals surface area contributed by atoms with Gasteiger partial charge in [0, 0.05) is 55.1 Å². The van der Waals surface area contributed by atoms with E-state index in [2.05, 4.69) is 42.1 Å². The van der Waals surface area contributed by atoms with Gasteiger partial charge in [0.25, 0.3) is 5.91 Å². The van der Waals surface area contributed by atoms with E-state index in [9.17, 15) is 4.79 Å². The lowest BCUT2D eigenvalue weighted by Gasteiger charge is -2.33. The van der Waals surface area contributed by atoms with Crippen LogP contribution in [0, 0.1) is 0 Å². The van der Waals surface area contributed by atoms with E-state index in [4.69, 9.17) is 4.42 Å². The normalized spacial score (nSPS) is 14.7. The first kappa shape index (κ1) is 19.1. The summed E-state index contributed by atoms with van der Waals surface area (Å²) in [7, 11) is 2.10. The number of nitrogens with zero attached hydrogens (tertiary/aromatic N) is 6. The number of likely N-dealkylation sites (N-methyl/N-ethyl adjacent to an activating group) is 1. The van der Waals surface area contributed by atoms with Gasteiger partial charge in [-0.3, -0.25) is 10.1 Å². The SMILES string of the molecule is CN1CCN(c2cc(C(=O)Nc3ncc4ccc(-c5cnco5)cc4n3)ccn2)CC1. The summed E-state index contributed by atoms with van der Waals surface area (Å²) in [5, 5.41) is 3.65. The zero-order chi connectivity index (χ0) is 21.2. The number of aromatic nitrogens is 4. The number of nitrogens with one attached hydrogen (secondary N) is 1. The number of hydrogen-bond donors (Lipinski definition) is 1. The maximum atomic E-state index is 12.8. The zero-order valence-electron chi connectivity index (χ0n) is 17.0. The molecule has 1 aliphatic rings. The van der Waals surface area contributed by atoms with Crippen LogP contribution in [0.5, 0.6) is 0 Å². The lowest BCUT2D eigenvalue weighted by Crippen LogP contribution is -2.44. The Labute approximate surface area is 178 Å². The first-order chi connectivity index (χ1) is 15.2. The summed E-state index contributed by atoms with van der Waals surface area (Å²) < 4.78 is 5.35. The van der Waals surface area contributed by atoms with Gasteiger partial charge >= 0.3 is 0 Å². The lowest BCUT2D eigenvalue weighted by atomic mass is 10.1. The molecule has 9 nitrogen and oxygen atoms in total. The van der Waals surface area contributed by atoms with Gasteiger partial charge in [-0.1, -0.05) is 12.1 Å². The van der Waals surface area contributed by atoms with Crippen LogP contribution in [0.1, 0.15) is 10.4 Å². The van der Waals surface area contributed by atoms with Crippen molar-refractivity contribution in [1.29, 1.82) is 0 Å². The Balaban J connectivity index is 1.35. The van der Waals surface area contributed by atoms with Crippen LogP contribution >= 0.6 is 0 Å². The molecule has 0 bridgehead atoms. The molecule has 9 heteroatoms. The number of amides is 1. The maximum absolute atomic E-state index is 12.8. The summed E-state index contributed by atoms with van der Waals surface area (Å²) in [5.74, 6) is 1.42. The minimum atomic E-state index is -0.275. The smallest absolute Gasteiger partial charge is 0.258 e.